The fourth-order valence-electron chi connectivity index (χ4n) is 2.98. The molecule has 1 fully saturated rings. The molecule has 1 aromatic carbocycles. The minimum absolute atomic E-state index is 0.00647. The van der Waals surface area contributed by atoms with Gasteiger partial charge >= 0.3 is 5.97 Å². The molecule has 1 aliphatic rings. The fraction of sp³-hybridized carbons (Fsp3) is 0.611. The number of carbonyl (C=O) groups excluding carboxylic acids is 1. The summed E-state index contributed by atoms with van der Waals surface area (Å²) in [5.74, 6) is -0.371. The van der Waals surface area contributed by atoms with Crippen LogP contribution >= 0.6 is 0 Å². The average Bonchev–Trinajstić information content (AvgIpc) is 2.64. The molecule has 0 aromatic heterocycles. The number of carbonyl (C=O) groups is 1. The quantitative estimate of drug-likeness (QED) is 0.505. The maximum absolute atomic E-state index is 13.1. The molecule has 1 aromatic rings. The van der Waals surface area contributed by atoms with Gasteiger partial charge < -0.3 is 14.2 Å². The largest absolute Gasteiger partial charge is 0.495 e. The summed E-state index contributed by atoms with van der Waals surface area (Å²) >= 11 is 0. The normalized spacial score (nSPS) is 18.5. The first-order valence-electron chi connectivity index (χ1n) is 8.86. The third-order valence-corrected chi connectivity index (χ3v) is 6.43. The van der Waals surface area contributed by atoms with E-state index in [0.29, 0.717) is 19.8 Å². The molecule has 1 atom stereocenters. The molecule has 0 N–H and O–H groups in total. The maximum Gasteiger partial charge on any atom is 0.338 e. The Morgan fingerprint density at radius 3 is 2.69 bits per heavy atom. The van der Waals surface area contributed by atoms with E-state index >= 15 is 0 Å². The Labute approximate surface area is 155 Å². The zero-order valence-electron chi connectivity index (χ0n) is 15.6. The Bertz CT molecular complexity index is 718. The minimum atomic E-state index is -3.76. The lowest BCUT2D eigenvalue weighted by Crippen LogP contribution is -2.42. The van der Waals surface area contributed by atoms with Crippen molar-refractivity contribution in [3.8, 4) is 5.75 Å². The van der Waals surface area contributed by atoms with Crippen molar-refractivity contribution in [3.63, 3.8) is 0 Å². The van der Waals surface area contributed by atoms with Gasteiger partial charge in [-0.3, -0.25) is 0 Å². The summed E-state index contributed by atoms with van der Waals surface area (Å²) in [4.78, 5) is 12.2. The molecule has 0 aliphatic carbocycles. The number of methoxy groups -OCH3 is 1. The van der Waals surface area contributed by atoms with Gasteiger partial charge in [0.25, 0.3) is 0 Å². The number of hydrogen-bond acceptors (Lipinski definition) is 6. The lowest BCUT2D eigenvalue weighted by atomic mass is 10.1. The molecule has 146 valence electrons. The van der Waals surface area contributed by atoms with Gasteiger partial charge in [0.2, 0.25) is 10.0 Å². The van der Waals surface area contributed by atoms with Crippen molar-refractivity contribution >= 4 is 16.0 Å². The highest BCUT2D eigenvalue weighted by molar-refractivity contribution is 7.89. The van der Waals surface area contributed by atoms with Crippen molar-refractivity contribution in [1.29, 1.82) is 0 Å². The third-order valence-electron chi connectivity index (χ3n) is 4.39. The number of esters is 1. The highest BCUT2D eigenvalue weighted by Crippen LogP contribution is 2.31. The monoisotopic (exact) mass is 385 g/mol. The first-order valence-corrected chi connectivity index (χ1v) is 10.3. The average molecular weight is 385 g/mol. The second-order valence-corrected chi connectivity index (χ2v) is 8.02. The molecule has 0 radical (unpaired) electrons. The van der Waals surface area contributed by atoms with E-state index in [0.717, 1.165) is 19.3 Å². The molecule has 0 saturated carbocycles. The van der Waals surface area contributed by atoms with E-state index in [1.165, 1.54) is 29.6 Å². The molecule has 1 unspecified atom stereocenters. The van der Waals surface area contributed by atoms with Gasteiger partial charge in [0.05, 0.1) is 19.3 Å². The molecule has 8 heteroatoms. The van der Waals surface area contributed by atoms with Gasteiger partial charge in [-0.2, -0.15) is 4.31 Å². The molecule has 0 spiro atoms. The van der Waals surface area contributed by atoms with Crippen LogP contribution in [0.25, 0.3) is 0 Å². The van der Waals surface area contributed by atoms with Crippen molar-refractivity contribution in [2.75, 3.05) is 33.5 Å². The van der Waals surface area contributed by atoms with Gasteiger partial charge in [0, 0.05) is 19.2 Å². The Hall–Kier alpha value is -1.64. The molecule has 1 heterocycles. The van der Waals surface area contributed by atoms with Crippen molar-refractivity contribution in [2.24, 2.45) is 0 Å². The van der Waals surface area contributed by atoms with E-state index in [2.05, 4.69) is 0 Å². The van der Waals surface area contributed by atoms with Crippen LogP contribution in [0.2, 0.25) is 0 Å². The van der Waals surface area contributed by atoms with Gasteiger partial charge in [-0.25, -0.2) is 13.2 Å². The molecule has 0 bridgehead atoms. The van der Waals surface area contributed by atoms with Crippen molar-refractivity contribution < 1.29 is 27.4 Å². The van der Waals surface area contributed by atoms with E-state index in [9.17, 15) is 13.2 Å². The summed E-state index contributed by atoms with van der Waals surface area (Å²) in [7, 11) is -2.35. The van der Waals surface area contributed by atoms with E-state index < -0.39 is 16.0 Å². The second-order valence-electron chi connectivity index (χ2n) is 6.16. The van der Waals surface area contributed by atoms with Crippen LogP contribution in [0.1, 0.15) is 43.5 Å². The van der Waals surface area contributed by atoms with E-state index in [-0.39, 0.29) is 28.9 Å². The van der Waals surface area contributed by atoms with E-state index in [1.54, 1.807) is 0 Å². The number of ether oxygens (including phenoxy) is 3. The van der Waals surface area contributed by atoms with Crippen LogP contribution in [0.5, 0.6) is 5.75 Å². The van der Waals surface area contributed by atoms with Crippen LogP contribution < -0.4 is 4.74 Å². The first-order chi connectivity index (χ1) is 12.4. The van der Waals surface area contributed by atoms with Crippen molar-refractivity contribution in [2.45, 2.75) is 44.0 Å². The topological polar surface area (TPSA) is 82.1 Å². The summed E-state index contributed by atoms with van der Waals surface area (Å²) in [6, 6.07) is 4.24. The van der Waals surface area contributed by atoms with Crippen LogP contribution in [0, 0.1) is 0 Å². The van der Waals surface area contributed by atoms with Crippen LogP contribution in [0.3, 0.4) is 0 Å². The highest BCUT2D eigenvalue weighted by Gasteiger charge is 2.33. The zero-order chi connectivity index (χ0) is 19.2. The lowest BCUT2D eigenvalue weighted by Gasteiger charge is -2.32. The fourth-order valence-corrected chi connectivity index (χ4v) is 4.86. The predicted octanol–water partition coefficient (Wildman–Crippen LogP) is 2.45. The third kappa shape index (κ3) is 4.75. The highest BCUT2D eigenvalue weighted by atomic mass is 32.2. The van der Waals surface area contributed by atoms with Crippen molar-refractivity contribution in [3.05, 3.63) is 23.8 Å². The molecular formula is C18H27NO6S. The first kappa shape index (κ1) is 20.7. The molecule has 26 heavy (non-hydrogen) atoms. The Morgan fingerprint density at radius 1 is 1.27 bits per heavy atom. The molecule has 2 rings (SSSR count). The molecule has 1 saturated heterocycles. The predicted molar refractivity (Wildman–Crippen MR) is 97.0 cm³/mol. The van der Waals surface area contributed by atoms with Crippen molar-refractivity contribution in [1.82, 2.24) is 4.31 Å². The smallest absolute Gasteiger partial charge is 0.338 e. The second kappa shape index (κ2) is 9.34. The Balaban J connectivity index is 2.27. The Kier molecular flexibility index (Phi) is 7.43. The van der Waals surface area contributed by atoms with Crippen LogP contribution in [-0.2, 0) is 19.5 Å². The molecule has 7 nitrogen and oxygen atoms in total. The van der Waals surface area contributed by atoms with Gasteiger partial charge in [0.1, 0.15) is 17.3 Å². The summed E-state index contributed by atoms with van der Waals surface area (Å²) in [6.45, 7) is 5.17. The summed E-state index contributed by atoms with van der Waals surface area (Å²) < 4.78 is 43.2. The molecular weight excluding hydrogens is 358 g/mol. The van der Waals surface area contributed by atoms with Gasteiger partial charge in [-0.1, -0.05) is 6.42 Å². The standard InChI is InChI=1S/C18H27NO6S/c1-4-24-11-12-25-18(20)15-8-9-16(23-3)17(13-15)26(21,22)19-10-6-5-7-14(19)2/h8-9,13-14H,4-7,10-12H2,1-3H3. The van der Waals surface area contributed by atoms with E-state index in [4.69, 9.17) is 14.2 Å². The van der Waals surface area contributed by atoms with Crippen LogP contribution in [0.15, 0.2) is 23.1 Å². The van der Waals surface area contributed by atoms with Gasteiger partial charge in [-0.05, 0) is 44.9 Å². The number of hydrogen-bond donors (Lipinski definition) is 0. The number of nitrogens with zero attached hydrogens (tertiary/aromatic N) is 1. The number of piperidine rings is 1. The van der Waals surface area contributed by atoms with Crippen LogP contribution in [0.4, 0.5) is 0 Å². The number of benzene rings is 1. The number of rotatable bonds is 8. The van der Waals surface area contributed by atoms with Gasteiger partial charge in [0.15, 0.2) is 0 Å². The van der Waals surface area contributed by atoms with Gasteiger partial charge in [-0.15, -0.1) is 0 Å². The summed E-state index contributed by atoms with van der Waals surface area (Å²) in [5.41, 5.74) is 0.172. The summed E-state index contributed by atoms with van der Waals surface area (Å²) in [5, 5.41) is 0. The lowest BCUT2D eigenvalue weighted by molar-refractivity contribution is 0.0335. The zero-order valence-corrected chi connectivity index (χ0v) is 16.4. The molecule has 0 amide bonds. The minimum Gasteiger partial charge on any atom is -0.495 e. The number of sulfonamides is 1. The summed E-state index contributed by atoms with van der Waals surface area (Å²) in [6.07, 6.45) is 2.66. The molecule has 1 aliphatic heterocycles. The van der Waals surface area contributed by atoms with E-state index in [1.807, 2.05) is 13.8 Å². The van der Waals surface area contributed by atoms with Crippen LogP contribution in [-0.4, -0.2) is 58.2 Å². The Morgan fingerprint density at radius 2 is 2.04 bits per heavy atom. The SMILES string of the molecule is CCOCCOC(=O)c1ccc(OC)c(S(=O)(=O)N2CCCCC2C)c1. The maximum atomic E-state index is 13.1.